The molecule has 1 aromatic carbocycles. The summed E-state index contributed by atoms with van der Waals surface area (Å²) in [4.78, 5) is 22.5. The standard InChI is InChI=1S/C12H16N2O5S/c1-20(18,19)14-7-3-6-13-11(15)9-4-2-5-10(8-9)12(16)17/h2,4-5,8,14H,3,6-7H2,1H3,(H,13,15)(H,16,17). The Morgan fingerprint density at radius 2 is 1.85 bits per heavy atom. The smallest absolute Gasteiger partial charge is 0.335 e. The van der Waals surface area contributed by atoms with Crippen LogP contribution in [0.15, 0.2) is 24.3 Å². The molecule has 7 nitrogen and oxygen atoms in total. The Labute approximate surface area is 117 Å². The van der Waals surface area contributed by atoms with Crippen LogP contribution in [0.5, 0.6) is 0 Å². The van der Waals surface area contributed by atoms with E-state index in [1.54, 1.807) is 0 Å². The normalized spacial score (nSPS) is 11.1. The van der Waals surface area contributed by atoms with Gasteiger partial charge in [-0.15, -0.1) is 0 Å². The lowest BCUT2D eigenvalue weighted by atomic mass is 10.1. The third-order valence-electron chi connectivity index (χ3n) is 2.38. The number of nitrogens with one attached hydrogen (secondary N) is 2. The highest BCUT2D eigenvalue weighted by molar-refractivity contribution is 7.88. The summed E-state index contributed by atoms with van der Waals surface area (Å²) in [6.07, 6.45) is 1.50. The third kappa shape index (κ3) is 5.81. The number of hydrogen-bond acceptors (Lipinski definition) is 4. The number of carboxylic acids is 1. The molecule has 0 bridgehead atoms. The number of amides is 1. The second kappa shape index (κ2) is 7.01. The molecule has 0 aliphatic carbocycles. The van der Waals surface area contributed by atoms with E-state index in [2.05, 4.69) is 10.0 Å². The zero-order chi connectivity index (χ0) is 15.2. The Morgan fingerprint density at radius 3 is 2.45 bits per heavy atom. The molecular weight excluding hydrogens is 284 g/mol. The van der Waals surface area contributed by atoms with Crippen molar-refractivity contribution >= 4 is 21.9 Å². The zero-order valence-electron chi connectivity index (χ0n) is 10.9. The predicted octanol–water partition coefficient (Wildman–Crippen LogP) is 0.0539. The molecule has 1 aromatic rings. The second-order valence-corrected chi connectivity index (χ2v) is 5.99. The van der Waals surface area contributed by atoms with Gasteiger partial charge in [0.05, 0.1) is 11.8 Å². The topological polar surface area (TPSA) is 113 Å². The largest absolute Gasteiger partial charge is 0.478 e. The minimum absolute atomic E-state index is 0.0383. The van der Waals surface area contributed by atoms with Gasteiger partial charge in [0.1, 0.15) is 0 Å². The van der Waals surface area contributed by atoms with Crippen LogP contribution in [0.4, 0.5) is 0 Å². The van der Waals surface area contributed by atoms with Crippen LogP contribution in [0, 0.1) is 0 Å². The quantitative estimate of drug-likeness (QED) is 0.616. The second-order valence-electron chi connectivity index (χ2n) is 4.16. The van der Waals surface area contributed by atoms with Crippen molar-refractivity contribution in [2.45, 2.75) is 6.42 Å². The van der Waals surface area contributed by atoms with Gasteiger partial charge >= 0.3 is 5.97 Å². The molecule has 8 heteroatoms. The molecule has 0 radical (unpaired) electrons. The lowest BCUT2D eigenvalue weighted by Gasteiger charge is -2.06. The maximum Gasteiger partial charge on any atom is 0.335 e. The van der Waals surface area contributed by atoms with Crippen LogP contribution in [0.25, 0.3) is 0 Å². The van der Waals surface area contributed by atoms with Crippen molar-refractivity contribution in [2.24, 2.45) is 0 Å². The lowest BCUT2D eigenvalue weighted by molar-refractivity contribution is 0.0697. The van der Waals surface area contributed by atoms with Crippen LogP contribution in [0.3, 0.4) is 0 Å². The molecule has 3 N–H and O–H groups in total. The summed E-state index contributed by atoms with van der Waals surface area (Å²) >= 11 is 0. The minimum Gasteiger partial charge on any atom is -0.478 e. The summed E-state index contributed by atoms with van der Waals surface area (Å²) in [6.45, 7) is 0.521. The molecule has 0 heterocycles. The van der Waals surface area contributed by atoms with Crippen molar-refractivity contribution in [3.63, 3.8) is 0 Å². The Morgan fingerprint density at radius 1 is 1.20 bits per heavy atom. The van der Waals surface area contributed by atoms with Gasteiger partial charge in [-0.25, -0.2) is 17.9 Å². The van der Waals surface area contributed by atoms with Crippen LogP contribution in [-0.4, -0.2) is 44.7 Å². The molecular formula is C12H16N2O5S. The summed E-state index contributed by atoms with van der Waals surface area (Å²) in [6, 6.07) is 5.68. The first-order valence-electron chi connectivity index (χ1n) is 5.86. The molecule has 0 unspecified atom stereocenters. The van der Waals surface area contributed by atoms with Gasteiger partial charge in [-0.2, -0.15) is 0 Å². The number of sulfonamides is 1. The van der Waals surface area contributed by atoms with E-state index in [0.717, 1.165) is 6.26 Å². The van der Waals surface area contributed by atoms with Gasteiger partial charge in [0.15, 0.2) is 0 Å². The van der Waals surface area contributed by atoms with Gasteiger partial charge < -0.3 is 10.4 Å². The fraction of sp³-hybridized carbons (Fsp3) is 0.333. The summed E-state index contributed by atoms with van der Waals surface area (Å²) in [7, 11) is -3.22. The van der Waals surface area contributed by atoms with Gasteiger partial charge in [-0.05, 0) is 24.6 Å². The van der Waals surface area contributed by atoms with E-state index in [1.807, 2.05) is 0 Å². The van der Waals surface area contributed by atoms with E-state index in [1.165, 1.54) is 24.3 Å². The fourth-order valence-corrected chi connectivity index (χ4v) is 1.96. The Kier molecular flexibility index (Phi) is 5.66. The Hall–Kier alpha value is -1.93. The number of rotatable bonds is 7. The van der Waals surface area contributed by atoms with Gasteiger partial charge in [-0.1, -0.05) is 6.07 Å². The third-order valence-corrected chi connectivity index (χ3v) is 3.10. The molecule has 0 aliphatic rings. The van der Waals surface area contributed by atoms with Crippen molar-refractivity contribution in [2.75, 3.05) is 19.3 Å². The highest BCUT2D eigenvalue weighted by atomic mass is 32.2. The SMILES string of the molecule is CS(=O)(=O)NCCCNC(=O)c1cccc(C(=O)O)c1. The van der Waals surface area contributed by atoms with E-state index < -0.39 is 21.9 Å². The van der Waals surface area contributed by atoms with Gasteiger partial charge in [-0.3, -0.25) is 4.79 Å². The molecule has 0 saturated carbocycles. The molecule has 0 aliphatic heterocycles. The number of benzene rings is 1. The van der Waals surface area contributed by atoms with Crippen LogP contribution < -0.4 is 10.0 Å². The van der Waals surface area contributed by atoms with Crippen molar-refractivity contribution in [3.8, 4) is 0 Å². The molecule has 1 amide bonds. The maximum atomic E-state index is 11.7. The molecule has 0 spiro atoms. The first-order valence-corrected chi connectivity index (χ1v) is 7.75. The van der Waals surface area contributed by atoms with Crippen LogP contribution >= 0.6 is 0 Å². The maximum absolute atomic E-state index is 11.7. The van der Waals surface area contributed by atoms with Crippen LogP contribution in [0.2, 0.25) is 0 Å². The van der Waals surface area contributed by atoms with Crippen LogP contribution in [0.1, 0.15) is 27.1 Å². The van der Waals surface area contributed by atoms with Gasteiger partial charge in [0.2, 0.25) is 10.0 Å². The predicted molar refractivity (Wildman–Crippen MR) is 73.2 cm³/mol. The summed E-state index contributed by atoms with van der Waals surface area (Å²) < 4.78 is 23.9. The van der Waals surface area contributed by atoms with Crippen molar-refractivity contribution in [1.29, 1.82) is 0 Å². The average Bonchev–Trinajstić information content (AvgIpc) is 2.37. The number of aromatic carboxylic acids is 1. The average molecular weight is 300 g/mol. The Bertz CT molecular complexity index is 598. The van der Waals surface area contributed by atoms with E-state index >= 15 is 0 Å². The highest BCUT2D eigenvalue weighted by Gasteiger charge is 2.08. The van der Waals surface area contributed by atoms with Crippen LogP contribution in [-0.2, 0) is 10.0 Å². The number of carbonyl (C=O) groups is 2. The summed E-state index contributed by atoms with van der Waals surface area (Å²) in [5.41, 5.74) is 0.289. The van der Waals surface area contributed by atoms with E-state index in [9.17, 15) is 18.0 Å². The number of carboxylic acid groups (broad SMARTS) is 1. The van der Waals surface area contributed by atoms with E-state index in [-0.39, 0.29) is 17.7 Å². The molecule has 0 fully saturated rings. The monoisotopic (exact) mass is 300 g/mol. The van der Waals surface area contributed by atoms with E-state index in [0.29, 0.717) is 13.0 Å². The Balaban J connectivity index is 2.43. The molecule has 0 saturated heterocycles. The van der Waals surface area contributed by atoms with Crippen molar-refractivity contribution < 1.29 is 23.1 Å². The van der Waals surface area contributed by atoms with Crippen molar-refractivity contribution in [3.05, 3.63) is 35.4 Å². The van der Waals surface area contributed by atoms with Gasteiger partial charge in [0.25, 0.3) is 5.91 Å². The van der Waals surface area contributed by atoms with Crippen molar-refractivity contribution in [1.82, 2.24) is 10.0 Å². The zero-order valence-corrected chi connectivity index (χ0v) is 11.7. The molecule has 1 rings (SSSR count). The molecule has 110 valence electrons. The first kappa shape index (κ1) is 16.1. The lowest BCUT2D eigenvalue weighted by Crippen LogP contribution is -2.29. The summed E-state index contributed by atoms with van der Waals surface area (Å²) in [5.74, 6) is -1.50. The molecule has 20 heavy (non-hydrogen) atoms. The number of carbonyl (C=O) groups excluding carboxylic acids is 1. The molecule has 0 atom stereocenters. The first-order chi connectivity index (χ1) is 9.29. The summed E-state index contributed by atoms with van der Waals surface area (Å²) in [5, 5.41) is 11.4. The van der Waals surface area contributed by atoms with E-state index in [4.69, 9.17) is 5.11 Å². The fourth-order valence-electron chi connectivity index (χ4n) is 1.44. The minimum atomic E-state index is -3.22. The highest BCUT2D eigenvalue weighted by Crippen LogP contribution is 2.05. The number of hydrogen-bond donors (Lipinski definition) is 3. The van der Waals surface area contributed by atoms with Gasteiger partial charge in [0, 0.05) is 18.7 Å². The molecule has 0 aromatic heterocycles.